The minimum Gasteiger partial charge on any atom is -0.445 e. The standard InChI is InChI=1S/C11H15BF3N2/c13-12(14,15)10-16-6-8-17(9-7-16)11-4-2-1-3-5-11/h1-5H,6-10H2/q-1/p+1. The molecule has 1 saturated heterocycles. The van der Waals surface area contributed by atoms with Crippen LogP contribution in [0.15, 0.2) is 30.3 Å². The molecule has 1 aromatic carbocycles. The summed E-state index contributed by atoms with van der Waals surface area (Å²) in [5.41, 5.74) is 1.10. The minimum absolute atomic E-state index is 0.566. The summed E-state index contributed by atoms with van der Waals surface area (Å²) < 4.78 is 36.9. The monoisotopic (exact) mass is 244 g/mol. The molecule has 1 aromatic rings. The molecule has 1 aliphatic heterocycles. The van der Waals surface area contributed by atoms with Crippen molar-refractivity contribution in [2.75, 3.05) is 37.5 Å². The molecule has 0 bridgehead atoms. The van der Waals surface area contributed by atoms with Crippen LogP contribution in [0.25, 0.3) is 0 Å². The van der Waals surface area contributed by atoms with E-state index in [1.807, 2.05) is 30.3 Å². The first-order valence-corrected chi connectivity index (χ1v) is 5.89. The van der Waals surface area contributed by atoms with E-state index in [-0.39, 0.29) is 0 Å². The molecule has 1 heterocycles. The van der Waals surface area contributed by atoms with Gasteiger partial charge in [0.1, 0.15) is 0 Å². The lowest BCUT2D eigenvalue weighted by atomic mass is 9.91. The van der Waals surface area contributed by atoms with Crippen LogP contribution in [0.2, 0.25) is 0 Å². The zero-order valence-corrected chi connectivity index (χ0v) is 9.58. The minimum atomic E-state index is -4.66. The van der Waals surface area contributed by atoms with Crippen LogP contribution < -0.4 is 9.80 Å². The van der Waals surface area contributed by atoms with Crippen LogP contribution in [0, 0.1) is 0 Å². The molecule has 0 amide bonds. The van der Waals surface area contributed by atoms with E-state index < -0.39 is 13.4 Å². The number of anilines is 1. The Balaban J connectivity index is 1.86. The maximum atomic E-state index is 12.3. The number of rotatable bonds is 3. The van der Waals surface area contributed by atoms with Crippen LogP contribution in [-0.2, 0) is 0 Å². The molecule has 0 saturated carbocycles. The van der Waals surface area contributed by atoms with Crippen molar-refractivity contribution in [2.45, 2.75) is 0 Å². The molecule has 0 aliphatic carbocycles. The zero-order valence-electron chi connectivity index (χ0n) is 9.58. The van der Waals surface area contributed by atoms with Gasteiger partial charge in [-0.05, 0) is 12.1 Å². The van der Waals surface area contributed by atoms with E-state index in [1.165, 1.54) is 0 Å². The van der Waals surface area contributed by atoms with Crippen molar-refractivity contribution in [1.82, 2.24) is 0 Å². The second-order valence-electron chi connectivity index (χ2n) is 4.49. The highest BCUT2D eigenvalue weighted by Crippen LogP contribution is 2.12. The third kappa shape index (κ3) is 3.66. The van der Waals surface area contributed by atoms with Crippen molar-refractivity contribution in [1.29, 1.82) is 0 Å². The number of hydrogen-bond donors (Lipinski definition) is 1. The van der Waals surface area contributed by atoms with Gasteiger partial charge in [0.05, 0.1) is 32.6 Å². The average Bonchev–Trinajstić information content (AvgIpc) is 2.29. The lowest BCUT2D eigenvalue weighted by molar-refractivity contribution is -0.892. The predicted octanol–water partition coefficient (Wildman–Crippen LogP) is 0.778. The van der Waals surface area contributed by atoms with Gasteiger partial charge in [0.15, 0.2) is 0 Å². The van der Waals surface area contributed by atoms with Gasteiger partial charge in [-0.2, -0.15) is 0 Å². The van der Waals surface area contributed by atoms with Gasteiger partial charge in [-0.15, -0.1) is 0 Å². The normalized spacial score (nSPS) is 18.4. The fourth-order valence-electron chi connectivity index (χ4n) is 2.25. The predicted molar refractivity (Wildman–Crippen MR) is 63.3 cm³/mol. The molecule has 17 heavy (non-hydrogen) atoms. The van der Waals surface area contributed by atoms with Gasteiger partial charge in [-0.3, -0.25) is 0 Å². The van der Waals surface area contributed by atoms with Crippen molar-refractivity contribution in [3.05, 3.63) is 30.3 Å². The molecule has 94 valence electrons. The highest BCUT2D eigenvalue weighted by atomic mass is 19.4. The Morgan fingerprint density at radius 2 is 1.65 bits per heavy atom. The lowest BCUT2D eigenvalue weighted by Gasteiger charge is -2.35. The first kappa shape index (κ1) is 12.3. The van der Waals surface area contributed by atoms with Crippen LogP contribution in [0.3, 0.4) is 0 Å². The van der Waals surface area contributed by atoms with Crippen LogP contribution in [0.4, 0.5) is 18.6 Å². The first-order valence-electron chi connectivity index (χ1n) is 5.89. The summed E-state index contributed by atoms with van der Waals surface area (Å²) in [7, 11) is 0. The fourth-order valence-corrected chi connectivity index (χ4v) is 2.25. The van der Waals surface area contributed by atoms with Gasteiger partial charge in [-0.1, -0.05) is 18.2 Å². The second-order valence-corrected chi connectivity index (χ2v) is 4.49. The van der Waals surface area contributed by atoms with Gasteiger partial charge in [-0.25, -0.2) is 0 Å². The largest absolute Gasteiger partial charge is 0.531 e. The summed E-state index contributed by atoms with van der Waals surface area (Å²) in [6.45, 7) is -2.13. The Bertz CT molecular complexity index is 347. The Labute approximate surface area is 99.1 Å². The van der Waals surface area contributed by atoms with Crippen molar-refractivity contribution >= 4 is 12.7 Å². The van der Waals surface area contributed by atoms with Crippen molar-refractivity contribution in [2.24, 2.45) is 0 Å². The smallest absolute Gasteiger partial charge is 0.445 e. The first-order chi connectivity index (χ1) is 8.04. The highest BCUT2D eigenvalue weighted by Gasteiger charge is 2.31. The number of nitrogens with one attached hydrogen (secondary N) is 1. The molecule has 1 aliphatic rings. The number of quaternary nitrogens is 1. The molecule has 2 nitrogen and oxygen atoms in total. The van der Waals surface area contributed by atoms with Gasteiger partial charge < -0.3 is 22.7 Å². The molecule has 0 unspecified atom stereocenters. The van der Waals surface area contributed by atoms with E-state index >= 15 is 0 Å². The van der Waals surface area contributed by atoms with Crippen LogP contribution in [0.5, 0.6) is 0 Å². The molecular formula is C11H16BF3N2. The Morgan fingerprint density at radius 3 is 2.18 bits per heavy atom. The lowest BCUT2D eigenvalue weighted by Crippen LogP contribution is -3.16. The summed E-state index contributed by atoms with van der Waals surface area (Å²) in [5, 5.41) is 0. The number of piperazine rings is 1. The molecule has 0 radical (unpaired) electrons. The van der Waals surface area contributed by atoms with Crippen LogP contribution >= 0.6 is 0 Å². The molecule has 0 spiro atoms. The van der Waals surface area contributed by atoms with Crippen molar-refractivity contribution in [3.63, 3.8) is 0 Å². The van der Waals surface area contributed by atoms with Gasteiger partial charge in [0.2, 0.25) is 0 Å². The SMILES string of the molecule is F[B-](F)(F)C[NH+]1CCN(c2ccccc2)CC1. The summed E-state index contributed by atoms with van der Waals surface area (Å²) in [6, 6.07) is 9.84. The third-order valence-corrected chi connectivity index (χ3v) is 3.11. The summed E-state index contributed by atoms with van der Waals surface area (Å²) in [5.74, 6) is 0. The molecule has 1 fully saturated rings. The molecule has 6 heteroatoms. The third-order valence-electron chi connectivity index (χ3n) is 3.11. The maximum Gasteiger partial charge on any atom is 0.531 e. The summed E-state index contributed by atoms with van der Waals surface area (Å²) in [4.78, 5) is 2.80. The van der Waals surface area contributed by atoms with Gasteiger partial charge >= 0.3 is 6.98 Å². The Hall–Kier alpha value is -1.17. The van der Waals surface area contributed by atoms with Crippen LogP contribution in [0.1, 0.15) is 0 Å². The van der Waals surface area contributed by atoms with E-state index in [0.29, 0.717) is 31.1 Å². The number of hydrogen-bond acceptors (Lipinski definition) is 1. The fraction of sp³-hybridized carbons (Fsp3) is 0.455. The van der Waals surface area contributed by atoms with Crippen molar-refractivity contribution in [3.8, 4) is 0 Å². The molecule has 1 N–H and O–H groups in total. The summed E-state index contributed by atoms with van der Waals surface area (Å²) >= 11 is 0. The molecular weight excluding hydrogens is 228 g/mol. The second kappa shape index (κ2) is 5.00. The zero-order chi connectivity index (χ0) is 12.3. The molecule has 2 rings (SSSR count). The molecule has 0 aromatic heterocycles. The number of para-hydroxylation sites is 1. The Morgan fingerprint density at radius 1 is 1.06 bits per heavy atom. The quantitative estimate of drug-likeness (QED) is 0.772. The van der Waals surface area contributed by atoms with E-state index in [1.54, 1.807) is 0 Å². The average molecular weight is 244 g/mol. The van der Waals surface area contributed by atoms with Crippen molar-refractivity contribution < 1.29 is 17.8 Å². The maximum absolute atomic E-state index is 12.3. The van der Waals surface area contributed by atoms with E-state index in [4.69, 9.17) is 0 Å². The highest BCUT2D eigenvalue weighted by molar-refractivity contribution is 6.58. The number of halogens is 3. The summed E-state index contributed by atoms with van der Waals surface area (Å²) in [6.07, 6.45) is -0.650. The number of nitrogens with zero attached hydrogens (tertiary/aromatic N) is 1. The molecule has 0 atom stereocenters. The van der Waals surface area contributed by atoms with E-state index in [9.17, 15) is 12.9 Å². The van der Waals surface area contributed by atoms with Gasteiger partial charge in [0.25, 0.3) is 0 Å². The van der Waals surface area contributed by atoms with Crippen LogP contribution in [-0.4, -0.2) is 39.6 Å². The van der Waals surface area contributed by atoms with Gasteiger partial charge in [0, 0.05) is 5.69 Å². The Kier molecular flexibility index (Phi) is 3.62. The van der Waals surface area contributed by atoms with E-state index in [2.05, 4.69) is 4.90 Å². The number of benzene rings is 1. The van der Waals surface area contributed by atoms with E-state index in [0.717, 1.165) is 5.69 Å². The topological polar surface area (TPSA) is 7.68 Å².